The van der Waals surface area contributed by atoms with Crippen molar-refractivity contribution in [1.29, 1.82) is 0 Å². The molecule has 0 amide bonds. The number of allylic oxidation sites excluding steroid dienone is 4. The molecule has 0 N–H and O–H groups in total. The van der Waals surface area contributed by atoms with Crippen LogP contribution >= 0.6 is 0 Å². The Morgan fingerprint density at radius 2 is 1.88 bits per heavy atom. The van der Waals surface area contributed by atoms with Crippen molar-refractivity contribution >= 4 is 11.6 Å². The minimum Gasteiger partial charge on any atom is -0.370 e. The summed E-state index contributed by atoms with van der Waals surface area (Å²) >= 11 is 0. The van der Waals surface area contributed by atoms with Crippen LogP contribution in [0.5, 0.6) is 0 Å². The Hall–Kier alpha value is -2.26. The second kappa shape index (κ2) is 7.37. The molecule has 3 unspecified atom stereocenters. The first kappa shape index (κ1) is 21.3. The van der Waals surface area contributed by atoms with E-state index in [1.54, 1.807) is 12.5 Å². The Labute approximate surface area is 197 Å². The summed E-state index contributed by atoms with van der Waals surface area (Å²) in [7, 11) is 0. The monoisotopic (exact) mass is 442 g/mol. The summed E-state index contributed by atoms with van der Waals surface area (Å²) in [5.41, 5.74) is 7.60. The maximum Gasteiger partial charge on any atom is 0.159 e. The highest BCUT2D eigenvalue weighted by Gasteiger charge is 2.65. The van der Waals surface area contributed by atoms with Crippen LogP contribution in [0.25, 0.3) is 0 Å². The predicted molar refractivity (Wildman–Crippen MR) is 129 cm³/mol. The van der Waals surface area contributed by atoms with E-state index in [4.69, 9.17) is 4.74 Å². The lowest BCUT2D eigenvalue weighted by molar-refractivity contribution is -0.114. The van der Waals surface area contributed by atoms with Crippen LogP contribution in [0, 0.1) is 17.3 Å². The summed E-state index contributed by atoms with van der Waals surface area (Å²) < 4.78 is 6.61. The van der Waals surface area contributed by atoms with Gasteiger partial charge in [-0.2, -0.15) is 0 Å². The number of hydrogen-bond donors (Lipinski definition) is 0. The minimum atomic E-state index is -0.190. The quantitative estimate of drug-likeness (QED) is 0.388. The number of ether oxygens (including phenoxy) is 1. The van der Waals surface area contributed by atoms with Gasteiger partial charge in [-0.05, 0) is 92.1 Å². The summed E-state index contributed by atoms with van der Waals surface area (Å²) in [5, 5.41) is 0. The van der Waals surface area contributed by atoms with Crippen molar-refractivity contribution in [2.75, 3.05) is 6.61 Å². The normalized spacial score (nSPS) is 37.6. The third-order valence-corrected chi connectivity index (χ3v) is 9.90. The SMILES string of the molecule is C=C1CCO[C@]12CCC1C3CCC4=CC(=O)CCC4=C3C(c3ccc(C(C)=O)cc3)C[C@@]12C. The van der Waals surface area contributed by atoms with Crippen molar-refractivity contribution < 1.29 is 14.3 Å². The highest BCUT2D eigenvalue weighted by molar-refractivity contribution is 5.94. The Bertz CT molecular complexity index is 1120. The zero-order chi connectivity index (χ0) is 23.0. The molecule has 1 heterocycles. The first-order chi connectivity index (χ1) is 15.8. The molecule has 172 valence electrons. The highest BCUT2D eigenvalue weighted by Crippen LogP contribution is 2.70. The zero-order valence-corrected chi connectivity index (χ0v) is 19.9. The molecule has 1 aliphatic heterocycles. The summed E-state index contributed by atoms with van der Waals surface area (Å²) in [4.78, 5) is 24.1. The van der Waals surface area contributed by atoms with Crippen molar-refractivity contribution in [3.63, 3.8) is 0 Å². The fourth-order valence-electron chi connectivity index (χ4n) is 8.37. The Kier molecular flexibility index (Phi) is 4.75. The van der Waals surface area contributed by atoms with Gasteiger partial charge in [0.2, 0.25) is 0 Å². The van der Waals surface area contributed by atoms with Crippen LogP contribution < -0.4 is 0 Å². The van der Waals surface area contributed by atoms with Crippen LogP contribution in [-0.4, -0.2) is 23.8 Å². The number of hydrogen-bond acceptors (Lipinski definition) is 3. The Morgan fingerprint density at radius 1 is 1.09 bits per heavy atom. The maximum absolute atomic E-state index is 12.2. The smallest absolute Gasteiger partial charge is 0.159 e. The average Bonchev–Trinajstić information content (AvgIpc) is 3.33. The van der Waals surface area contributed by atoms with E-state index in [1.165, 1.54) is 28.7 Å². The molecule has 33 heavy (non-hydrogen) atoms. The van der Waals surface area contributed by atoms with Crippen LogP contribution in [-0.2, 0) is 9.53 Å². The Balaban J connectivity index is 1.52. The van der Waals surface area contributed by atoms with E-state index < -0.39 is 0 Å². The number of benzene rings is 1. The molecule has 0 aromatic heterocycles. The predicted octanol–water partition coefficient (Wildman–Crippen LogP) is 6.50. The van der Waals surface area contributed by atoms with Crippen LogP contribution in [0.2, 0.25) is 0 Å². The van der Waals surface area contributed by atoms with Gasteiger partial charge < -0.3 is 4.74 Å². The van der Waals surface area contributed by atoms with Gasteiger partial charge in [-0.1, -0.05) is 43.3 Å². The highest BCUT2D eigenvalue weighted by atomic mass is 16.5. The molecule has 1 spiro atoms. The molecule has 0 bridgehead atoms. The first-order valence-electron chi connectivity index (χ1n) is 12.7. The van der Waals surface area contributed by atoms with Crippen LogP contribution in [0.1, 0.15) is 87.1 Å². The standard InChI is InChI=1S/C30H34O3/c1-18-13-15-33-30(18)14-12-27-25-10-8-22-16-23(32)9-11-24(22)28(25)26(17-29(27,30)3)21-6-4-20(5-7-21)19(2)31/h4-7,16,25-27H,1,8-15,17H2,2-3H3/t25?,26?,27?,29-,30+/m0/s1. The third kappa shape index (κ3) is 2.91. The van der Waals surface area contributed by atoms with E-state index in [-0.39, 0.29) is 22.6 Å². The van der Waals surface area contributed by atoms with Gasteiger partial charge in [-0.15, -0.1) is 0 Å². The topological polar surface area (TPSA) is 43.4 Å². The van der Waals surface area contributed by atoms with Crippen molar-refractivity contribution in [3.05, 3.63) is 70.3 Å². The van der Waals surface area contributed by atoms with Crippen LogP contribution in [0.15, 0.2) is 59.2 Å². The van der Waals surface area contributed by atoms with E-state index in [1.807, 2.05) is 18.2 Å². The van der Waals surface area contributed by atoms with E-state index in [2.05, 4.69) is 25.6 Å². The minimum absolute atomic E-state index is 0.0604. The van der Waals surface area contributed by atoms with Gasteiger partial charge in [0.05, 0.1) is 12.2 Å². The first-order valence-corrected chi connectivity index (χ1v) is 12.7. The molecule has 5 atom stereocenters. The number of rotatable bonds is 2. The number of carbonyl (C=O) groups excluding carboxylic acids is 2. The molecule has 4 aliphatic carbocycles. The summed E-state index contributed by atoms with van der Waals surface area (Å²) in [6, 6.07) is 8.33. The van der Waals surface area contributed by atoms with Gasteiger partial charge >= 0.3 is 0 Å². The Morgan fingerprint density at radius 3 is 2.58 bits per heavy atom. The summed E-state index contributed by atoms with van der Waals surface area (Å²) in [6.07, 6.45) is 9.92. The van der Waals surface area contributed by atoms with Gasteiger partial charge in [0.25, 0.3) is 0 Å². The molecule has 1 aromatic carbocycles. The van der Waals surface area contributed by atoms with Gasteiger partial charge in [-0.3, -0.25) is 9.59 Å². The second-order valence-corrected chi connectivity index (χ2v) is 11.2. The number of ketones is 2. The second-order valence-electron chi connectivity index (χ2n) is 11.2. The van der Waals surface area contributed by atoms with Crippen molar-refractivity contribution in [2.45, 2.75) is 76.7 Å². The molecule has 3 heteroatoms. The number of carbonyl (C=O) groups is 2. The van der Waals surface area contributed by atoms with E-state index in [0.29, 0.717) is 24.2 Å². The van der Waals surface area contributed by atoms with E-state index in [9.17, 15) is 9.59 Å². The maximum atomic E-state index is 12.2. The number of Topliss-reactive ketones (excluding diaryl/α,β-unsaturated/α-hetero) is 1. The average molecular weight is 443 g/mol. The number of fused-ring (bicyclic) bond motifs is 5. The van der Waals surface area contributed by atoms with Crippen molar-refractivity contribution in [3.8, 4) is 0 Å². The molecule has 5 aliphatic rings. The van der Waals surface area contributed by atoms with E-state index >= 15 is 0 Å². The lowest BCUT2D eigenvalue weighted by atomic mass is 9.50. The van der Waals surface area contributed by atoms with Gasteiger partial charge in [0.15, 0.2) is 11.6 Å². The summed E-state index contributed by atoms with van der Waals surface area (Å²) in [6.45, 7) is 9.42. The van der Waals surface area contributed by atoms with Crippen LogP contribution in [0.3, 0.4) is 0 Å². The molecule has 3 fully saturated rings. The molecule has 1 aromatic rings. The molecule has 6 rings (SSSR count). The van der Waals surface area contributed by atoms with Crippen LogP contribution in [0.4, 0.5) is 0 Å². The largest absolute Gasteiger partial charge is 0.370 e. The lowest BCUT2D eigenvalue weighted by Crippen LogP contribution is -2.52. The third-order valence-electron chi connectivity index (χ3n) is 9.90. The van der Waals surface area contributed by atoms with E-state index in [0.717, 1.165) is 50.7 Å². The fraction of sp³-hybridized carbons (Fsp3) is 0.533. The van der Waals surface area contributed by atoms with Gasteiger partial charge in [0, 0.05) is 23.3 Å². The van der Waals surface area contributed by atoms with Gasteiger partial charge in [-0.25, -0.2) is 0 Å². The summed E-state index contributed by atoms with van der Waals surface area (Å²) in [5.74, 6) is 1.83. The molecular formula is C30H34O3. The van der Waals surface area contributed by atoms with Crippen molar-refractivity contribution in [2.24, 2.45) is 17.3 Å². The molecule has 2 saturated carbocycles. The molecule has 1 saturated heterocycles. The lowest BCUT2D eigenvalue weighted by Gasteiger charge is -2.55. The fourth-order valence-corrected chi connectivity index (χ4v) is 8.37. The zero-order valence-electron chi connectivity index (χ0n) is 19.9. The molecule has 3 nitrogen and oxygen atoms in total. The van der Waals surface area contributed by atoms with Crippen molar-refractivity contribution in [1.82, 2.24) is 0 Å². The molecular weight excluding hydrogens is 408 g/mol. The van der Waals surface area contributed by atoms with Gasteiger partial charge in [0.1, 0.15) is 0 Å². The molecule has 0 radical (unpaired) electrons.